The molecule has 0 unspecified atom stereocenters. The first-order valence-corrected chi connectivity index (χ1v) is 42.9. The third kappa shape index (κ3) is 9.30. The first kappa shape index (κ1) is 69.7. The number of hydrogen-bond donors (Lipinski definition) is 0. The van der Waals surface area contributed by atoms with Crippen LogP contribution < -0.4 is 0 Å². The van der Waals surface area contributed by atoms with Crippen LogP contribution in [0.1, 0.15) is 100 Å². The Hall–Kier alpha value is -15.3. The fourth-order valence-electron chi connectivity index (χ4n) is 23.6. The van der Waals surface area contributed by atoms with Crippen molar-refractivity contribution in [1.82, 2.24) is 24.5 Å². The van der Waals surface area contributed by atoms with E-state index in [0.29, 0.717) is 5.95 Å². The van der Waals surface area contributed by atoms with Gasteiger partial charge in [0.1, 0.15) is 0 Å². The number of benzene rings is 18. The zero-order valence-electron chi connectivity index (χ0n) is 66.7. The van der Waals surface area contributed by atoms with Crippen LogP contribution in [0.5, 0.6) is 0 Å². The Labute approximate surface area is 716 Å². The number of para-hydroxylation sites is 3. The van der Waals surface area contributed by atoms with Crippen molar-refractivity contribution in [1.29, 1.82) is 0 Å². The van der Waals surface area contributed by atoms with E-state index in [1.54, 1.807) is 0 Å². The number of hydrogen-bond acceptors (Lipinski definition) is 4. The molecule has 5 nitrogen and oxygen atoms in total. The largest absolute Gasteiger partial charge is 0.278 e. The van der Waals surface area contributed by atoms with E-state index < -0.39 is 21.7 Å². The molecule has 21 aromatic rings. The van der Waals surface area contributed by atoms with Crippen molar-refractivity contribution in [2.45, 2.75) is 28.1 Å². The van der Waals surface area contributed by atoms with Crippen LogP contribution in [0.25, 0.3) is 128 Å². The quantitative estimate of drug-likeness (QED) is 0.165. The van der Waals surface area contributed by atoms with Gasteiger partial charge in [-0.1, -0.05) is 388 Å². The highest BCUT2D eigenvalue weighted by Crippen LogP contribution is 2.71. The summed E-state index contributed by atoms with van der Waals surface area (Å²) < 4.78 is 2.33. The molecule has 6 heteroatoms. The molecule has 7 aliphatic carbocycles. The van der Waals surface area contributed by atoms with E-state index in [9.17, 15) is 0 Å². The van der Waals surface area contributed by atoms with Crippen molar-refractivity contribution >= 4 is 55.2 Å². The monoisotopic (exact) mass is 1580 g/mol. The molecule has 28 rings (SSSR count). The zero-order chi connectivity index (χ0) is 80.9. The summed E-state index contributed by atoms with van der Waals surface area (Å²) in [6.07, 6.45) is 0.972. The van der Waals surface area contributed by atoms with Crippen molar-refractivity contribution in [3.05, 3.63) is 530 Å². The molecule has 123 heavy (non-hydrogen) atoms. The Kier molecular flexibility index (Phi) is 14.9. The first-order valence-electron chi connectivity index (χ1n) is 42.6. The predicted molar refractivity (Wildman–Crippen MR) is 500 cm³/mol. The lowest BCUT2D eigenvalue weighted by Crippen LogP contribution is -2.44. The molecule has 7 aliphatic rings. The molecule has 18 aromatic carbocycles. The van der Waals surface area contributed by atoms with Crippen molar-refractivity contribution < 1.29 is 0 Å². The molecule has 0 radical (unpaired) electrons. The Morgan fingerprint density at radius 3 is 0.935 bits per heavy atom. The molecular weight excluding hydrogens is 1510 g/mol. The fourth-order valence-corrected chi connectivity index (χ4v) is 23.8. The number of rotatable bonds is 3. The van der Waals surface area contributed by atoms with E-state index in [1.807, 2.05) is 54.6 Å². The Morgan fingerprint density at radius 1 is 0.203 bits per heavy atom. The van der Waals surface area contributed by atoms with E-state index in [-0.39, 0.29) is 5.28 Å². The van der Waals surface area contributed by atoms with Gasteiger partial charge in [0.05, 0.1) is 55.1 Å². The van der Waals surface area contributed by atoms with Gasteiger partial charge < -0.3 is 0 Å². The van der Waals surface area contributed by atoms with Gasteiger partial charge in [0.2, 0.25) is 11.2 Å². The molecule has 3 aromatic heterocycles. The summed E-state index contributed by atoms with van der Waals surface area (Å²) in [7, 11) is 0. The fraction of sp³-hybridized carbons (Fsp3) is 0.0427. The maximum atomic E-state index is 5.95. The lowest BCUT2D eigenvalue weighted by Gasteiger charge is -2.49. The molecule has 3 heterocycles. The van der Waals surface area contributed by atoms with Gasteiger partial charge in [-0.05, 0) is 210 Å². The lowest BCUT2D eigenvalue weighted by molar-refractivity contribution is 0.632. The second-order valence-electron chi connectivity index (χ2n) is 33.6. The molecule has 0 saturated heterocycles. The average Bonchev–Trinajstić information content (AvgIpc) is 1.51. The summed E-state index contributed by atoms with van der Waals surface area (Å²) in [6, 6.07) is 157. The molecule has 0 fully saturated rings. The van der Waals surface area contributed by atoms with Gasteiger partial charge in [0.25, 0.3) is 0 Å². The summed E-state index contributed by atoms with van der Waals surface area (Å²) in [5, 5.41) is 4.69. The second-order valence-corrected chi connectivity index (χ2v) is 33.9. The Bertz CT molecular complexity index is 7910. The maximum absolute atomic E-state index is 5.95. The molecule has 0 saturated carbocycles. The molecule has 0 bridgehead atoms. The highest BCUT2D eigenvalue weighted by molar-refractivity contribution is 6.29. The van der Waals surface area contributed by atoms with Gasteiger partial charge >= 0.3 is 0 Å². The average molecular weight is 1580 g/mol. The van der Waals surface area contributed by atoms with Gasteiger partial charge in [-0.25, -0.2) is 19.9 Å². The summed E-state index contributed by atoms with van der Waals surface area (Å²) in [6.45, 7) is 0. The van der Waals surface area contributed by atoms with Gasteiger partial charge in [-0.2, -0.15) is 0 Å². The van der Waals surface area contributed by atoms with Crippen LogP contribution in [0, 0.1) is 0 Å². The predicted octanol–water partition coefficient (Wildman–Crippen LogP) is 27.7. The van der Waals surface area contributed by atoms with E-state index in [1.165, 1.54) is 167 Å². The topological polar surface area (TPSA) is 56.5 Å². The number of halogens is 1. The minimum atomic E-state index is -0.605. The van der Waals surface area contributed by atoms with Crippen LogP contribution in [0.15, 0.2) is 425 Å². The lowest BCUT2D eigenvalue weighted by atomic mass is 9.52. The van der Waals surface area contributed by atoms with Crippen LogP contribution in [0.4, 0.5) is 0 Å². The molecule has 0 amide bonds. The van der Waals surface area contributed by atoms with E-state index in [2.05, 4.69) is 385 Å². The standard InChI is InChI=1S/C58H35N3.C45H28.C14H9ClN2/c1-2-18-36(19-3-1)55-42-25-8-16-32-52(42)59-56(60-55)61-53-33-17-9-24-41(53)43-34-50-51(35-54(43)61)58(46-28-12-6-22-39(46)40-23-7-13-29-47(40)58)49-31-15-14-30-48(49)57(50)44-26-10-4-20-37(44)38-21-5-11-27-45(38)57;1-2-14-30-28(13-1)25-29-26-42-43(27-35(29)30)45(38-21-9-5-17-33(38)34-18-6-10-22-39(34)45)41-24-12-11-23-40(41)44(42)36-19-7-3-15-31(36)32-16-4-8-20-37(32)44;15-14-16-12-9-5-4-8-11(12)13(17-14)10-6-2-1-3-7-10/h1-35H;1-24,26-27H,25H2;1-9H. The molecule has 0 atom stereocenters. The van der Waals surface area contributed by atoms with Gasteiger partial charge in [-0.15, -0.1) is 0 Å². The highest BCUT2D eigenvalue weighted by atomic mass is 35.5. The van der Waals surface area contributed by atoms with Crippen LogP contribution in [-0.4, -0.2) is 24.5 Å². The third-order valence-corrected chi connectivity index (χ3v) is 28.3. The smallest absolute Gasteiger partial charge is 0.235 e. The third-order valence-electron chi connectivity index (χ3n) is 28.1. The Balaban J connectivity index is 0.000000114. The van der Waals surface area contributed by atoms with Gasteiger partial charge in [-0.3, -0.25) is 4.57 Å². The summed E-state index contributed by atoms with van der Waals surface area (Å²) in [5.41, 5.74) is 43.8. The molecule has 4 spiro atoms. The zero-order valence-corrected chi connectivity index (χ0v) is 67.5. The Morgan fingerprint density at radius 2 is 0.512 bits per heavy atom. The van der Waals surface area contributed by atoms with E-state index in [4.69, 9.17) is 21.6 Å². The highest BCUT2D eigenvalue weighted by Gasteiger charge is 2.62. The minimum Gasteiger partial charge on any atom is -0.278 e. The summed E-state index contributed by atoms with van der Waals surface area (Å²) in [4.78, 5) is 19.4. The normalized spacial score (nSPS) is 14.4. The van der Waals surface area contributed by atoms with Crippen LogP contribution in [0.3, 0.4) is 0 Å². The van der Waals surface area contributed by atoms with E-state index in [0.717, 1.165) is 61.8 Å². The number of nitrogens with zero attached hydrogens (tertiary/aromatic N) is 5. The van der Waals surface area contributed by atoms with Crippen molar-refractivity contribution in [3.8, 4) is 84.1 Å². The minimum absolute atomic E-state index is 0.280. The van der Waals surface area contributed by atoms with Gasteiger partial charge in [0.15, 0.2) is 0 Å². The van der Waals surface area contributed by atoms with Crippen LogP contribution in [-0.2, 0) is 28.1 Å². The molecule has 0 aliphatic heterocycles. The molecular formula is C117H72ClN5. The first-order chi connectivity index (χ1) is 60.9. The van der Waals surface area contributed by atoms with Crippen molar-refractivity contribution in [2.75, 3.05) is 0 Å². The molecule has 572 valence electrons. The maximum Gasteiger partial charge on any atom is 0.235 e. The SMILES string of the molecule is Clc1nc(-c2ccccc2)c2ccccc2n1.c1ccc(-c2nc(-n3c4ccccc4c4cc5c(cc43)C3(c4ccccc4-c4ccccc43)c3ccccc3C53c4ccccc4-c4ccccc43)nc3ccccc23)cc1.c1ccc2c(c1)Cc1cc3c(cc1-2)C1(c2ccccc2-c2ccccc21)c1ccccc1C31c2ccccc2-c2ccccc21. The van der Waals surface area contributed by atoms with E-state index >= 15 is 0 Å². The van der Waals surface area contributed by atoms with Gasteiger partial charge in [0, 0.05) is 32.7 Å². The molecule has 0 N–H and O–H groups in total. The number of fused-ring (bicyclic) bond motifs is 40. The van der Waals surface area contributed by atoms with Crippen LogP contribution in [0.2, 0.25) is 5.28 Å². The van der Waals surface area contributed by atoms with Crippen molar-refractivity contribution in [2.24, 2.45) is 0 Å². The van der Waals surface area contributed by atoms with Crippen molar-refractivity contribution in [3.63, 3.8) is 0 Å². The van der Waals surface area contributed by atoms with Crippen LogP contribution >= 0.6 is 11.6 Å². The summed E-state index contributed by atoms with van der Waals surface area (Å²) >= 11 is 5.95. The second kappa shape index (κ2) is 26.4. The summed E-state index contributed by atoms with van der Waals surface area (Å²) in [5.74, 6) is 0.660. The number of aromatic nitrogens is 5.